The van der Waals surface area contributed by atoms with E-state index in [-0.39, 0.29) is 18.6 Å². The molecule has 0 saturated carbocycles. The third-order valence-electron chi connectivity index (χ3n) is 1.52. The summed E-state index contributed by atoms with van der Waals surface area (Å²) in [6.45, 7) is 0. The van der Waals surface area contributed by atoms with Crippen LogP contribution in [-0.2, 0) is 9.84 Å². The van der Waals surface area contributed by atoms with Crippen molar-refractivity contribution >= 4 is 9.84 Å². The monoisotopic (exact) mass is 234 g/mol. The van der Waals surface area contributed by atoms with E-state index in [9.17, 15) is 21.6 Å². The van der Waals surface area contributed by atoms with Crippen molar-refractivity contribution in [3.63, 3.8) is 0 Å². The number of alkyl halides is 3. The molecule has 86 valence electrons. The molecule has 0 saturated heterocycles. The minimum atomic E-state index is -4.40. The van der Waals surface area contributed by atoms with Gasteiger partial charge in [-0.05, 0) is 12.8 Å². The van der Waals surface area contributed by atoms with Crippen molar-refractivity contribution in [2.45, 2.75) is 31.5 Å². The molecule has 0 heterocycles. The molecule has 14 heavy (non-hydrogen) atoms. The summed E-state index contributed by atoms with van der Waals surface area (Å²) < 4.78 is 56.3. The van der Waals surface area contributed by atoms with E-state index >= 15 is 0 Å². The highest BCUT2D eigenvalue weighted by Gasteiger charge is 2.30. The molecule has 0 amide bonds. The SMILES string of the molecule is CS(=O)(=O)CCCC(O)CC(F)(F)F. The number of aliphatic hydroxyl groups excluding tert-OH is 1. The topological polar surface area (TPSA) is 54.4 Å². The van der Waals surface area contributed by atoms with Crippen molar-refractivity contribution in [2.75, 3.05) is 12.0 Å². The number of hydrogen-bond donors (Lipinski definition) is 1. The molecule has 7 heteroatoms. The van der Waals surface area contributed by atoms with Crippen LogP contribution in [0.25, 0.3) is 0 Å². The summed E-state index contributed by atoms with van der Waals surface area (Å²) in [7, 11) is -3.16. The third-order valence-corrected chi connectivity index (χ3v) is 2.55. The van der Waals surface area contributed by atoms with Crippen LogP contribution in [-0.4, -0.2) is 37.8 Å². The average Bonchev–Trinajstić information content (AvgIpc) is 1.78. The zero-order chi connectivity index (χ0) is 11.4. The van der Waals surface area contributed by atoms with Gasteiger partial charge in [0.25, 0.3) is 0 Å². The van der Waals surface area contributed by atoms with E-state index in [0.29, 0.717) is 0 Å². The molecule has 0 aliphatic heterocycles. The van der Waals surface area contributed by atoms with Crippen molar-refractivity contribution in [3.8, 4) is 0 Å². The highest BCUT2D eigenvalue weighted by Crippen LogP contribution is 2.23. The molecule has 1 unspecified atom stereocenters. The number of rotatable bonds is 5. The zero-order valence-electron chi connectivity index (χ0n) is 7.71. The van der Waals surface area contributed by atoms with Gasteiger partial charge in [0.1, 0.15) is 9.84 Å². The highest BCUT2D eigenvalue weighted by atomic mass is 32.2. The molecule has 0 aliphatic carbocycles. The Morgan fingerprint density at radius 3 is 2.21 bits per heavy atom. The summed E-state index contributed by atoms with van der Waals surface area (Å²) in [5, 5.41) is 8.87. The lowest BCUT2D eigenvalue weighted by Gasteiger charge is -2.12. The fourth-order valence-electron chi connectivity index (χ4n) is 0.950. The highest BCUT2D eigenvalue weighted by molar-refractivity contribution is 7.90. The Morgan fingerprint density at radius 1 is 1.36 bits per heavy atom. The van der Waals surface area contributed by atoms with Crippen LogP contribution in [0.15, 0.2) is 0 Å². The lowest BCUT2D eigenvalue weighted by atomic mass is 10.1. The van der Waals surface area contributed by atoms with Gasteiger partial charge in [-0.2, -0.15) is 13.2 Å². The molecule has 1 N–H and O–H groups in total. The lowest BCUT2D eigenvalue weighted by Crippen LogP contribution is -2.20. The van der Waals surface area contributed by atoms with E-state index in [0.717, 1.165) is 6.26 Å². The second-order valence-corrected chi connectivity index (χ2v) is 5.50. The summed E-state index contributed by atoms with van der Waals surface area (Å²) in [5.74, 6) is -0.193. The van der Waals surface area contributed by atoms with Crippen LogP contribution < -0.4 is 0 Å². The van der Waals surface area contributed by atoms with Gasteiger partial charge in [0.15, 0.2) is 0 Å². The zero-order valence-corrected chi connectivity index (χ0v) is 8.53. The molecule has 0 aromatic carbocycles. The molecule has 0 aliphatic rings. The van der Waals surface area contributed by atoms with Gasteiger partial charge >= 0.3 is 6.18 Å². The Morgan fingerprint density at radius 2 is 1.86 bits per heavy atom. The Bertz CT molecular complexity index is 258. The fraction of sp³-hybridized carbons (Fsp3) is 1.00. The number of halogens is 3. The third kappa shape index (κ3) is 9.79. The van der Waals surface area contributed by atoms with Crippen LogP contribution >= 0.6 is 0 Å². The molecule has 0 aromatic heterocycles. The van der Waals surface area contributed by atoms with Gasteiger partial charge < -0.3 is 5.11 Å². The fourth-order valence-corrected chi connectivity index (χ4v) is 1.64. The van der Waals surface area contributed by atoms with Crippen molar-refractivity contribution in [1.82, 2.24) is 0 Å². The van der Waals surface area contributed by atoms with Crippen LogP contribution in [0.1, 0.15) is 19.3 Å². The predicted octanol–water partition coefficient (Wildman–Crippen LogP) is 1.12. The molecule has 0 fully saturated rings. The van der Waals surface area contributed by atoms with Gasteiger partial charge in [0.05, 0.1) is 12.5 Å². The van der Waals surface area contributed by atoms with Crippen molar-refractivity contribution in [2.24, 2.45) is 0 Å². The quantitative estimate of drug-likeness (QED) is 0.775. The molecule has 0 aromatic rings. The summed E-state index contributed by atoms with van der Waals surface area (Å²) in [6.07, 6.45) is -6.27. The van der Waals surface area contributed by atoms with E-state index in [1.807, 2.05) is 0 Å². The van der Waals surface area contributed by atoms with Crippen molar-refractivity contribution in [3.05, 3.63) is 0 Å². The van der Waals surface area contributed by atoms with Crippen LogP contribution in [0.4, 0.5) is 13.2 Å². The van der Waals surface area contributed by atoms with Gasteiger partial charge in [-0.3, -0.25) is 0 Å². The minimum Gasteiger partial charge on any atom is -0.393 e. The molecule has 0 spiro atoms. The predicted molar refractivity (Wildman–Crippen MR) is 45.6 cm³/mol. The second-order valence-electron chi connectivity index (χ2n) is 3.25. The van der Waals surface area contributed by atoms with E-state index in [1.165, 1.54) is 0 Å². The molecule has 0 rings (SSSR count). The summed E-state index contributed by atoms with van der Waals surface area (Å²) in [6, 6.07) is 0. The van der Waals surface area contributed by atoms with Gasteiger partial charge in [-0.1, -0.05) is 0 Å². The number of hydrogen-bond acceptors (Lipinski definition) is 3. The molecular formula is C7H13F3O3S. The number of sulfone groups is 1. The standard InChI is InChI=1S/C7H13F3O3S/c1-14(12,13)4-2-3-6(11)5-7(8,9)10/h6,11H,2-5H2,1H3. The Balaban J connectivity index is 3.71. The summed E-state index contributed by atoms with van der Waals surface area (Å²) in [5.41, 5.74) is 0. The second kappa shape index (κ2) is 4.97. The van der Waals surface area contributed by atoms with E-state index in [2.05, 4.69) is 0 Å². The van der Waals surface area contributed by atoms with Gasteiger partial charge in [-0.15, -0.1) is 0 Å². The van der Waals surface area contributed by atoms with Crippen LogP contribution in [0.3, 0.4) is 0 Å². The Hall–Kier alpha value is -0.300. The maximum absolute atomic E-state index is 11.7. The van der Waals surface area contributed by atoms with Crippen molar-refractivity contribution in [1.29, 1.82) is 0 Å². The lowest BCUT2D eigenvalue weighted by molar-refractivity contribution is -0.153. The average molecular weight is 234 g/mol. The van der Waals surface area contributed by atoms with Crippen LogP contribution in [0.2, 0.25) is 0 Å². The van der Waals surface area contributed by atoms with Crippen molar-refractivity contribution < 1.29 is 26.7 Å². The van der Waals surface area contributed by atoms with Crippen LogP contribution in [0.5, 0.6) is 0 Å². The first kappa shape index (κ1) is 13.7. The van der Waals surface area contributed by atoms with Gasteiger partial charge in [0.2, 0.25) is 0 Å². The van der Waals surface area contributed by atoms with E-state index < -0.39 is 28.5 Å². The van der Waals surface area contributed by atoms with E-state index in [1.54, 1.807) is 0 Å². The molecule has 1 atom stereocenters. The number of aliphatic hydroxyl groups is 1. The maximum atomic E-state index is 11.7. The maximum Gasteiger partial charge on any atom is 0.391 e. The Kier molecular flexibility index (Phi) is 4.87. The first-order chi connectivity index (χ1) is 6.10. The summed E-state index contributed by atoms with van der Waals surface area (Å²) in [4.78, 5) is 0. The normalized spacial score (nSPS) is 15.5. The van der Waals surface area contributed by atoms with E-state index in [4.69, 9.17) is 5.11 Å². The molecule has 0 radical (unpaired) electrons. The van der Waals surface area contributed by atoms with Gasteiger partial charge in [-0.25, -0.2) is 8.42 Å². The van der Waals surface area contributed by atoms with Crippen LogP contribution in [0, 0.1) is 0 Å². The van der Waals surface area contributed by atoms with Gasteiger partial charge in [0, 0.05) is 12.0 Å². The Labute approximate surface area is 80.8 Å². The summed E-state index contributed by atoms with van der Waals surface area (Å²) >= 11 is 0. The first-order valence-corrected chi connectivity index (χ1v) is 6.09. The minimum absolute atomic E-state index is 0.0517. The smallest absolute Gasteiger partial charge is 0.391 e. The molecular weight excluding hydrogens is 221 g/mol. The molecule has 0 bridgehead atoms. The molecule has 3 nitrogen and oxygen atoms in total. The largest absolute Gasteiger partial charge is 0.393 e. The first-order valence-electron chi connectivity index (χ1n) is 4.03.